The molecule has 31 heavy (non-hydrogen) atoms. The lowest BCUT2D eigenvalue weighted by molar-refractivity contribution is -0.152. The van der Waals surface area contributed by atoms with Gasteiger partial charge in [-0.15, -0.1) is 0 Å². The molecule has 2 atom stereocenters. The predicted molar refractivity (Wildman–Crippen MR) is 122 cm³/mol. The highest BCUT2D eigenvalue weighted by Crippen LogP contribution is 2.47. The van der Waals surface area contributed by atoms with Gasteiger partial charge in [-0.05, 0) is 83.3 Å². The van der Waals surface area contributed by atoms with E-state index in [2.05, 4.69) is 32.2 Å². The number of benzene rings is 1. The maximum Gasteiger partial charge on any atom is 0.408 e. The van der Waals surface area contributed by atoms with Crippen molar-refractivity contribution in [3.05, 3.63) is 29.3 Å². The van der Waals surface area contributed by atoms with Crippen LogP contribution in [0.25, 0.3) is 0 Å². The highest BCUT2D eigenvalue weighted by molar-refractivity contribution is 5.85. The normalized spacial score (nSPS) is 17.6. The van der Waals surface area contributed by atoms with Crippen LogP contribution in [0, 0.1) is 5.92 Å². The van der Waals surface area contributed by atoms with Gasteiger partial charge in [0, 0.05) is 0 Å². The van der Waals surface area contributed by atoms with Gasteiger partial charge in [-0.2, -0.15) is 0 Å². The molecule has 0 spiro atoms. The molecule has 1 aliphatic carbocycles. The molecule has 0 radical (unpaired) electrons. The van der Waals surface area contributed by atoms with E-state index in [1.807, 2.05) is 12.1 Å². The van der Waals surface area contributed by atoms with Crippen molar-refractivity contribution in [3.63, 3.8) is 0 Å². The van der Waals surface area contributed by atoms with E-state index in [4.69, 9.17) is 9.47 Å². The summed E-state index contributed by atoms with van der Waals surface area (Å²) in [7, 11) is 0. The number of carbonyl (C=O) groups excluding carboxylic acids is 1. The van der Waals surface area contributed by atoms with Crippen LogP contribution in [0.1, 0.15) is 98.1 Å². The van der Waals surface area contributed by atoms with Gasteiger partial charge in [0.15, 0.2) is 5.54 Å². The summed E-state index contributed by atoms with van der Waals surface area (Å²) in [6, 6.07) is 6.14. The summed E-state index contributed by atoms with van der Waals surface area (Å²) in [6.07, 6.45) is 1.60. The van der Waals surface area contributed by atoms with Crippen LogP contribution in [-0.4, -0.2) is 33.9 Å². The SMILES string of the molecule is CC(C)c1cccc([C@H](C)C2CC2)c1OC(C)(C)[C@@](C)(NC(=O)OC(C)(C)C)C(=O)O. The van der Waals surface area contributed by atoms with Gasteiger partial charge in [-0.1, -0.05) is 39.0 Å². The van der Waals surface area contributed by atoms with Crippen molar-refractivity contribution in [1.82, 2.24) is 5.32 Å². The van der Waals surface area contributed by atoms with E-state index in [1.165, 1.54) is 19.8 Å². The Hall–Kier alpha value is -2.24. The fraction of sp³-hybridized carbons (Fsp3) is 0.680. The van der Waals surface area contributed by atoms with Crippen LogP contribution in [0.2, 0.25) is 0 Å². The fourth-order valence-electron chi connectivity index (χ4n) is 3.68. The lowest BCUT2D eigenvalue weighted by Crippen LogP contribution is -2.67. The molecule has 0 aromatic heterocycles. The zero-order valence-electron chi connectivity index (χ0n) is 20.5. The second kappa shape index (κ2) is 8.71. The largest absolute Gasteiger partial charge is 0.484 e. The van der Waals surface area contributed by atoms with Gasteiger partial charge in [-0.25, -0.2) is 9.59 Å². The molecular formula is C25H39NO5. The second-order valence-corrected chi connectivity index (χ2v) is 10.7. The number of rotatable bonds is 8. The maximum atomic E-state index is 12.5. The van der Waals surface area contributed by atoms with E-state index in [9.17, 15) is 14.7 Å². The van der Waals surface area contributed by atoms with Crippen LogP contribution in [0.5, 0.6) is 5.75 Å². The minimum absolute atomic E-state index is 0.201. The molecule has 174 valence electrons. The van der Waals surface area contributed by atoms with Crippen molar-refractivity contribution in [1.29, 1.82) is 0 Å². The number of hydrogen-bond acceptors (Lipinski definition) is 4. The number of alkyl carbamates (subject to hydrolysis) is 1. The minimum atomic E-state index is -1.72. The third kappa shape index (κ3) is 5.72. The van der Waals surface area contributed by atoms with Gasteiger partial charge in [0.05, 0.1) is 0 Å². The van der Waals surface area contributed by atoms with Crippen molar-refractivity contribution < 1.29 is 24.2 Å². The number of nitrogens with one attached hydrogen (secondary N) is 1. The average molecular weight is 434 g/mol. The first-order valence-electron chi connectivity index (χ1n) is 11.2. The molecule has 2 N–H and O–H groups in total. The Kier molecular flexibility index (Phi) is 7.03. The first kappa shape index (κ1) is 25.0. The summed E-state index contributed by atoms with van der Waals surface area (Å²) in [5.41, 5.74) is -1.61. The number of ether oxygens (including phenoxy) is 2. The fourth-order valence-corrected chi connectivity index (χ4v) is 3.68. The number of carboxylic acid groups (broad SMARTS) is 1. The van der Waals surface area contributed by atoms with E-state index in [0.717, 1.165) is 16.9 Å². The maximum absolute atomic E-state index is 12.5. The molecule has 6 heteroatoms. The lowest BCUT2D eigenvalue weighted by Gasteiger charge is -2.42. The average Bonchev–Trinajstić information content (AvgIpc) is 3.43. The Morgan fingerprint density at radius 2 is 1.58 bits per heavy atom. The first-order valence-corrected chi connectivity index (χ1v) is 11.2. The Bertz CT molecular complexity index is 820. The monoisotopic (exact) mass is 433 g/mol. The molecule has 1 fully saturated rings. The van der Waals surface area contributed by atoms with Gasteiger partial charge >= 0.3 is 12.1 Å². The van der Waals surface area contributed by atoms with Gasteiger partial charge in [0.25, 0.3) is 0 Å². The molecule has 0 bridgehead atoms. The van der Waals surface area contributed by atoms with Crippen molar-refractivity contribution in [3.8, 4) is 5.75 Å². The minimum Gasteiger partial charge on any atom is -0.484 e. The number of amides is 1. The summed E-state index contributed by atoms with van der Waals surface area (Å²) >= 11 is 0. The summed E-state index contributed by atoms with van der Waals surface area (Å²) in [4.78, 5) is 24.8. The molecule has 1 amide bonds. The number of carbonyl (C=O) groups is 2. The highest BCUT2D eigenvalue weighted by Gasteiger charge is 2.52. The predicted octanol–water partition coefficient (Wildman–Crippen LogP) is 5.85. The Labute approximate surface area is 186 Å². The molecule has 1 aromatic rings. The van der Waals surface area contributed by atoms with E-state index in [1.54, 1.807) is 34.6 Å². The quantitative estimate of drug-likeness (QED) is 0.537. The molecule has 0 unspecified atom stereocenters. The summed E-state index contributed by atoms with van der Waals surface area (Å²) in [5, 5.41) is 12.7. The summed E-state index contributed by atoms with van der Waals surface area (Å²) < 4.78 is 11.9. The van der Waals surface area contributed by atoms with Crippen LogP contribution < -0.4 is 10.1 Å². The van der Waals surface area contributed by atoms with E-state index in [-0.39, 0.29) is 5.92 Å². The number of carboxylic acids is 1. The van der Waals surface area contributed by atoms with Crippen LogP contribution in [0.3, 0.4) is 0 Å². The van der Waals surface area contributed by atoms with Crippen LogP contribution in [0.15, 0.2) is 18.2 Å². The molecule has 0 heterocycles. The molecule has 1 aliphatic rings. The van der Waals surface area contributed by atoms with Crippen molar-refractivity contribution in [2.75, 3.05) is 0 Å². The molecule has 0 saturated heterocycles. The number of hydrogen-bond donors (Lipinski definition) is 2. The Morgan fingerprint density at radius 1 is 1.03 bits per heavy atom. The van der Waals surface area contributed by atoms with Crippen LogP contribution in [0.4, 0.5) is 4.79 Å². The zero-order valence-corrected chi connectivity index (χ0v) is 20.5. The number of aliphatic carboxylic acids is 1. The first-order chi connectivity index (χ1) is 14.1. The zero-order chi connectivity index (χ0) is 23.8. The van der Waals surface area contributed by atoms with Crippen LogP contribution in [-0.2, 0) is 9.53 Å². The lowest BCUT2D eigenvalue weighted by atomic mass is 9.83. The molecule has 0 aliphatic heterocycles. The molecule has 1 aromatic carbocycles. The Balaban J connectivity index is 2.46. The highest BCUT2D eigenvalue weighted by atomic mass is 16.6. The number of para-hydroxylation sites is 1. The topological polar surface area (TPSA) is 84.9 Å². The summed E-state index contributed by atoms with van der Waals surface area (Å²) in [5.74, 6) is 0.674. The standard InChI is InChI=1S/C25H39NO5/c1-15(2)18-11-10-12-19(16(3)17-13-14-17)20(18)30-24(7,8)25(9,21(27)28)26-22(29)31-23(4,5)6/h10-12,15-17H,13-14H2,1-9H3,(H,26,29)(H,27,28)/t16-,25+/m1/s1. The van der Waals surface area contributed by atoms with Gasteiger partial charge in [-0.3, -0.25) is 0 Å². The van der Waals surface area contributed by atoms with E-state index >= 15 is 0 Å². The van der Waals surface area contributed by atoms with Gasteiger partial charge < -0.3 is 19.9 Å². The smallest absolute Gasteiger partial charge is 0.408 e. The third-order valence-corrected chi connectivity index (χ3v) is 6.26. The summed E-state index contributed by atoms with van der Waals surface area (Å²) in [6.45, 7) is 16.4. The van der Waals surface area contributed by atoms with E-state index in [0.29, 0.717) is 11.8 Å². The van der Waals surface area contributed by atoms with Crippen molar-refractivity contribution >= 4 is 12.1 Å². The molecule has 2 rings (SSSR count). The third-order valence-electron chi connectivity index (χ3n) is 6.26. The molecular weight excluding hydrogens is 394 g/mol. The second-order valence-electron chi connectivity index (χ2n) is 10.7. The molecule has 1 saturated carbocycles. The van der Waals surface area contributed by atoms with Gasteiger partial charge in [0.2, 0.25) is 0 Å². The van der Waals surface area contributed by atoms with Gasteiger partial charge in [0.1, 0.15) is 17.0 Å². The Morgan fingerprint density at radius 3 is 2.03 bits per heavy atom. The van der Waals surface area contributed by atoms with Crippen LogP contribution >= 0.6 is 0 Å². The molecule has 6 nitrogen and oxygen atoms in total. The van der Waals surface area contributed by atoms with Crippen molar-refractivity contribution in [2.24, 2.45) is 5.92 Å². The van der Waals surface area contributed by atoms with Crippen molar-refractivity contribution in [2.45, 2.75) is 104 Å². The van der Waals surface area contributed by atoms with E-state index < -0.39 is 28.8 Å².